The number of H-pyrrole nitrogens is 1. The maximum atomic E-state index is 13.6. The number of fused-ring (bicyclic) bond motifs is 1. The Balaban J connectivity index is 2.21. The van der Waals surface area contributed by atoms with E-state index in [-0.39, 0.29) is 5.52 Å². The van der Waals surface area contributed by atoms with E-state index in [4.69, 9.17) is 5.26 Å². The summed E-state index contributed by atoms with van der Waals surface area (Å²) in [6, 6.07) is 11.2. The van der Waals surface area contributed by atoms with Gasteiger partial charge in [0.1, 0.15) is 11.3 Å². The molecule has 0 fully saturated rings. The van der Waals surface area contributed by atoms with E-state index in [1.54, 1.807) is 24.3 Å². The van der Waals surface area contributed by atoms with Crippen LogP contribution in [0.1, 0.15) is 5.56 Å². The molecule has 1 N–H and O–H groups in total. The van der Waals surface area contributed by atoms with Crippen molar-refractivity contribution in [1.82, 2.24) is 9.97 Å². The van der Waals surface area contributed by atoms with Gasteiger partial charge >= 0.3 is 0 Å². The van der Waals surface area contributed by atoms with Gasteiger partial charge in [-0.15, -0.1) is 0 Å². The van der Waals surface area contributed by atoms with Gasteiger partial charge in [0.25, 0.3) is 0 Å². The quantitative estimate of drug-likeness (QED) is 0.724. The van der Waals surface area contributed by atoms with Crippen LogP contribution in [0.2, 0.25) is 0 Å². The number of imidazole rings is 1. The molecule has 0 radical (unpaired) electrons. The van der Waals surface area contributed by atoms with Crippen molar-refractivity contribution in [3.8, 4) is 17.5 Å². The molecule has 92 valence electrons. The number of aromatic amines is 1. The van der Waals surface area contributed by atoms with Crippen molar-refractivity contribution in [3.05, 3.63) is 53.6 Å². The molecule has 3 rings (SSSR count). The molecule has 0 amide bonds. The van der Waals surface area contributed by atoms with E-state index in [1.807, 2.05) is 6.07 Å². The van der Waals surface area contributed by atoms with Crippen molar-refractivity contribution in [2.45, 2.75) is 0 Å². The second-order valence-corrected chi connectivity index (χ2v) is 4.04. The number of nitrogens with zero attached hydrogens (tertiary/aromatic N) is 2. The van der Waals surface area contributed by atoms with Crippen molar-refractivity contribution in [2.75, 3.05) is 0 Å². The number of aromatic nitrogens is 2. The zero-order chi connectivity index (χ0) is 13.4. The average Bonchev–Trinajstić information content (AvgIpc) is 2.88. The lowest BCUT2D eigenvalue weighted by molar-refractivity contribution is 0.515. The summed E-state index contributed by atoms with van der Waals surface area (Å²) in [5.41, 5.74) is 1.49. The molecule has 0 atom stereocenters. The van der Waals surface area contributed by atoms with E-state index in [1.165, 1.54) is 6.07 Å². The van der Waals surface area contributed by atoms with Crippen LogP contribution in [-0.4, -0.2) is 9.97 Å². The third kappa shape index (κ3) is 1.83. The molecule has 0 aliphatic carbocycles. The minimum Gasteiger partial charge on any atom is -0.338 e. The lowest BCUT2D eigenvalue weighted by Gasteiger charge is -1.95. The minimum atomic E-state index is -0.976. The molecule has 0 aliphatic heterocycles. The first-order valence-electron chi connectivity index (χ1n) is 5.53. The van der Waals surface area contributed by atoms with Crippen LogP contribution < -0.4 is 0 Å². The lowest BCUT2D eigenvalue weighted by atomic mass is 10.1. The smallest absolute Gasteiger partial charge is 0.186 e. The van der Waals surface area contributed by atoms with Crippen LogP contribution in [0.3, 0.4) is 0 Å². The first kappa shape index (κ1) is 11.4. The van der Waals surface area contributed by atoms with Gasteiger partial charge in [0, 0.05) is 5.56 Å². The van der Waals surface area contributed by atoms with Gasteiger partial charge in [-0.1, -0.05) is 12.1 Å². The zero-order valence-corrected chi connectivity index (χ0v) is 9.61. The second kappa shape index (κ2) is 4.18. The van der Waals surface area contributed by atoms with Gasteiger partial charge in [-0.05, 0) is 24.3 Å². The summed E-state index contributed by atoms with van der Waals surface area (Å²) in [6.07, 6.45) is 0. The summed E-state index contributed by atoms with van der Waals surface area (Å²) >= 11 is 0. The minimum absolute atomic E-state index is 0.0441. The Hall–Kier alpha value is -2.74. The molecule has 0 spiro atoms. The van der Waals surface area contributed by atoms with Crippen LogP contribution in [0, 0.1) is 23.0 Å². The molecule has 0 aliphatic rings. The largest absolute Gasteiger partial charge is 0.338 e. The molecule has 3 nitrogen and oxygen atoms in total. The highest BCUT2D eigenvalue weighted by Gasteiger charge is 2.12. The van der Waals surface area contributed by atoms with Crippen LogP contribution in [-0.2, 0) is 0 Å². The summed E-state index contributed by atoms with van der Waals surface area (Å²) in [4.78, 5) is 6.94. The molecule has 0 saturated heterocycles. The van der Waals surface area contributed by atoms with Gasteiger partial charge in [0.2, 0.25) is 0 Å². The predicted octanol–water partition coefficient (Wildman–Crippen LogP) is 3.38. The standard InChI is InChI=1S/C14H7F2N3/c15-10-4-5-11-13(12(10)16)19-14(18-11)9-3-1-2-8(6-9)7-17/h1-6H,(H,18,19). The van der Waals surface area contributed by atoms with Gasteiger partial charge in [0.05, 0.1) is 17.1 Å². The number of nitrogens with one attached hydrogen (secondary N) is 1. The van der Waals surface area contributed by atoms with Crippen LogP contribution in [0.4, 0.5) is 8.78 Å². The Bertz CT molecular complexity index is 815. The van der Waals surface area contributed by atoms with E-state index in [0.29, 0.717) is 22.5 Å². The Labute approximate surface area is 107 Å². The maximum absolute atomic E-state index is 13.6. The molecule has 19 heavy (non-hydrogen) atoms. The molecule has 1 heterocycles. The predicted molar refractivity (Wildman–Crippen MR) is 66.2 cm³/mol. The van der Waals surface area contributed by atoms with Gasteiger partial charge in [-0.2, -0.15) is 5.26 Å². The monoisotopic (exact) mass is 255 g/mol. The number of hydrogen-bond acceptors (Lipinski definition) is 2. The number of hydrogen-bond donors (Lipinski definition) is 1. The van der Waals surface area contributed by atoms with Crippen molar-refractivity contribution >= 4 is 11.0 Å². The third-order valence-corrected chi connectivity index (χ3v) is 2.81. The third-order valence-electron chi connectivity index (χ3n) is 2.81. The number of benzene rings is 2. The van der Waals surface area contributed by atoms with Gasteiger partial charge in [0.15, 0.2) is 11.6 Å². The van der Waals surface area contributed by atoms with E-state index in [9.17, 15) is 8.78 Å². The fourth-order valence-corrected chi connectivity index (χ4v) is 1.89. The topological polar surface area (TPSA) is 52.5 Å². The average molecular weight is 255 g/mol. The van der Waals surface area contributed by atoms with E-state index < -0.39 is 11.6 Å². The lowest BCUT2D eigenvalue weighted by Crippen LogP contribution is -1.84. The fraction of sp³-hybridized carbons (Fsp3) is 0. The van der Waals surface area contributed by atoms with E-state index >= 15 is 0 Å². The van der Waals surface area contributed by atoms with E-state index in [2.05, 4.69) is 9.97 Å². The number of rotatable bonds is 1. The fourth-order valence-electron chi connectivity index (χ4n) is 1.89. The number of nitriles is 1. The normalized spacial score (nSPS) is 10.6. The molecule has 2 aromatic carbocycles. The Kier molecular flexibility index (Phi) is 2.50. The molecule has 0 bridgehead atoms. The van der Waals surface area contributed by atoms with Gasteiger partial charge in [-0.25, -0.2) is 13.8 Å². The van der Waals surface area contributed by atoms with Crippen LogP contribution in [0.5, 0.6) is 0 Å². The Morgan fingerprint density at radius 3 is 2.79 bits per heavy atom. The van der Waals surface area contributed by atoms with Crippen molar-refractivity contribution in [3.63, 3.8) is 0 Å². The van der Waals surface area contributed by atoms with Crippen molar-refractivity contribution < 1.29 is 8.78 Å². The number of halogens is 2. The SMILES string of the molecule is N#Cc1cccc(-c2nc3c(F)c(F)ccc3[nH]2)c1. The molecular weight excluding hydrogens is 248 g/mol. The molecule has 0 saturated carbocycles. The summed E-state index contributed by atoms with van der Waals surface area (Å²) < 4.78 is 26.7. The van der Waals surface area contributed by atoms with Crippen LogP contribution >= 0.6 is 0 Å². The second-order valence-electron chi connectivity index (χ2n) is 4.04. The molecule has 5 heteroatoms. The van der Waals surface area contributed by atoms with Crippen LogP contribution in [0.25, 0.3) is 22.4 Å². The molecule has 1 aromatic heterocycles. The molecule has 3 aromatic rings. The van der Waals surface area contributed by atoms with Gasteiger partial charge < -0.3 is 4.98 Å². The summed E-state index contributed by atoms with van der Waals surface area (Å²) in [6.45, 7) is 0. The molecule has 0 unspecified atom stereocenters. The summed E-state index contributed by atoms with van der Waals surface area (Å²) in [5, 5.41) is 8.84. The molecular formula is C14H7F2N3. The van der Waals surface area contributed by atoms with Gasteiger partial charge in [-0.3, -0.25) is 0 Å². The highest BCUT2D eigenvalue weighted by atomic mass is 19.2. The summed E-state index contributed by atoms with van der Waals surface area (Å²) in [7, 11) is 0. The Morgan fingerprint density at radius 1 is 1.16 bits per heavy atom. The highest BCUT2D eigenvalue weighted by molar-refractivity contribution is 5.80. The van der Waals surface area contributed by atoms with Crippen molar-refractivity contribution in [1.29, 1.82) is 5.26 Å². The highest BCUT2D eigenvalue weighted by Crippen LogP contribution is 2.24. The maximum Gasteiger partial charge on any atom is 0.186 e. The van der Waals surface area contributed by atoms with Crippen molar-refractivity contribution in [2.24, 2.45) is 0 Å². The zero-order valence-electron chi connectivity index (χ0n) is 9.61. The first-order valence-corrected chi connectivity index (χ1v) is 5.53. The van der Waals surface area contributed by atoms with Crippen LogP contribution in [0.15, 0.2) is 36.4 Å². The summed E-state index contributed by atoms with van der Waals surface area (Å²) in [5.74, 6) is -1.51. The Morgan fingerprint density at radius 2 is 2.00 bits per heavy atom. The first-order chi connectivity index (χ1) is 9.19. The van der Waals surface area contributed by atoms with E-state index in [0.717, 1.165) is 6.07 Å².